The standard InChI is InChI=1S/C15H23N3O3/c1-3-18-10-12(9-16-18)14(19)17-7-5-13(20-2)15(11-17)6-4-8-21-15/h9-10,13H,3-8,11H2,1-2H3/t13-,15-/m0/s1. The molecule has 0 unspecified atom stereocenters. The number of aromatic nitrogens is 2. The number of hydrogen-bond acceptors (Lipinski definition) is 4. The molecule has 2 saturated heterocycles. The number of rotatable bonds is 3. The Labute approximate surface area is 125 Å². The molecule has 1 aromatic heterocycles. The fraction of sp³-hybridized carbons (Fsp3) is 0.733. The number of carbonyl (C=O) groups is 1. The van der Waals surface area contributed by atoms with Gasteiger partial charge in [-0.05, 0) is 26.2 Å². The van der Waals surface area contributed by atoms with E-state index in [-0.39, 0.29) is 17.6 Å². The molecule has 0 radical (unpaired) electrons. The molecular weight excluding hydrogens is 270 g/mol. The van der Waals surface area contributed by atoms with Crippen molar-refractivity contribution in [3.05, 3.63) is 18.0 Å². The lowest BCUT2D eigenvalue weighted by atomic mass is 9.86. The van der Waals surface area contributed by atoms with Gasteiger partial charge in [0, 0.05) is 33.0 Å². The molecule has 1 aromatic rings. The molecule has 0 saturated carbocycles. The van der Waals surface area contributed by atoms with Gasteiger partial charge in [0.15, 0.2) is 0 Å². The zero-order chi connectivity index (χ0) is 14.9. The first-order valence-corrected chi connectivity index (χ1v) is 7.67. The number of aryl methyl sites for hydroxylation is 1. The van der Waals surface area contributed by atoms with Gasteiger partial charge in [-0.2, -0.15) is 5.10 Å². The molecular formula is C15H23N3O3. The molecule has 6 heteroatoms. The highest BCUT2D eigenvalue weighted by molar-refractivity contribution is 5.93. The van der Waals surface area contributed by atoms with E-state index in [4.69, 9.17) is 9.47 Å². The second-order valence-electron chi connectivity index (χ2n) is 5.84. The number of methoxy groups -OCH3 is 1. The molecule has 0 N–H and O–H groups in total. The van der Waals surface area contributed by atoms with Crippen molar-refractivity contribution in [1.29, 1.82) is 0 Å². The molecule has 2 aliphatic rings. The van der Waals surface area contributed by atoms with Crippen molar-refractivity contribution in [3.63, 3.8) is 0 Å². The van der Waals surface area contributed by atoms with Crippen molar-refractivity contribution < 1.29 is 14.3 Å². The zero-order valence-electron chi connectivity index (χ0n) is 12.7. The molecule has 6 nitrogen and oxygen atoms in total. The lowest BCUT2D eigenvalue weighted by Crippen LogP contribution is -2.58. The summed E-state index contributed by atoms with van der Waals surface area (Å²) in [5.74, 6) is 0.0409. The molecule has 0 bridgehead atoms. The average Bonchev–Trinajstić information content (AvgIpc) is 3.16. The van der Waals surface area contributed by atoms with Crippen molar-refractivity contribution >= 4 is 5.91 Å². The van der Waals surface area contributed by atoms with E-state index in [2.05, 4.69) is 5.10 Å². The molecule has 1 spiro atoms. The summed E-state index contributed by atoms with van der Waals surface area (Å²) in [6.07, 6.45) is 6.37. The number of nitrogens with zero attached hydrogens (tertiary/aromatic N) is 3. The summed E-state index contributed by atoms with van der Waals surface area (Å²) in [7, 11) is 1.73. The monoisotopic (exact) mass is 293 g/mol. The third-order valence-electron chi connectivity index (χ3n) is 4.62. The largest absolute Gasteiger partial charge is 0.378 e. The zero-order valence-corrected chi connectivity index (χ0v) is 12.7. The molecule has 116 valence electrons. The van der Waals surface area contributed by atoms with Crippen LogP contribution in [0.25, 0.3) is 0 Å². The van der Waals surface area contributed by atoms with Crippen LogP contribution in [0.3, 0.4) is 0 Å². The minimum atomic E-state index is -0.316. The van der Waals surface area contributed by atoms with Crippen molar-refractivity contribution in [2.45, 2.75) is 44.4 Å². The van der Waals surface area contributed by atoms with Gasteiger partial charge in [-0.3, -0.25) is 9.48 Å². The molecule has 3 rings (SSSR count). The number of piperidine rings is 1. The van der Waals surface area contributed by atoms with Crippen LogP contribution in [0.4, 0.5) is 0 Å². The number of likely N-dealkylation sites (tertiary alicyclic amines) is 1. The number of hydrogen-bond donors (Lipinski definition) is 0. The van der Waals surface area contributed by atoms with Crippen LogP contribution in [0.15, 0.2) is 12.4 Å². The van der Waals surface area contributed by atoms with E-state index in [9.17, 15) is 4.79 Å². The fourth-order valence-corrected chi connectivity index (χ4v) is 3.47. The van der Waals surface area contributed by atoms with E-state index in [0.717, 1.165) is 32.4 Å². The van der Waals surface area contributed by atoms with Crippen molar-refractivity contribution in [1.82, 2.24) is 14.7 Å². The fourth-order valence-electron chi connectivity index (χ4n) is 3.47. The lowest BCUT2D eigenvalue weighted by Gasteiger charge is -2.44. The Kier molecular flexibility index (Phi) is 3.99. The Morgan fingerprint density at radius 3 is 3.10 bits per heavy atom. The molecule has 0 aliphatic carbocycles. The van der Waals surface area contributed by atoms with Gasteiger partial charge in [-0.25, -0.2) is 0 Å². The summed E-state index contributed by atoms with van der Waals surface area (Å²) >= 11 is 0. The average molecular weight is 293 g/mol. The summed E-state index contributed by atoms with van der Waals surface area (Å²) in [4.78, 5) is 14.5. The van der Waals surface area contributed by atoms with Crippen molar-refractivity contribution in [3.8, 4) is 0 Å². The molecule has 21 heavy (non-hydrogen) atoms. The maximum atomic E-state index is 12.6. The van der Waals surface area contributed by atoms with Crippen LogP contribution in [0, 0.1) is 0 Å². The van der Waals surface area contributed by atoms with Crippen LogP contribution in [0.2, 0.25) is 0 Å². The Morgan fingerprint density at radius 2 is 2.48 bits per heavy atom. The minimum Gasteiger partial charge on any atom is -0.378 e. The second-order valence-corrected chi connectivity index (χ2v) is 5.84. The van der Waals surface area contributed by atoms with Gasteiger partial charge in [-0.1, -0.05) is 0 Å². The van der Waals surface area contributed by atoms with E-state index in [1.807, 2.05) is 18.0 Å². The highest BCUT2D eigenvalue weighted by atomic mass is 16.6. The summed E-state index contributed by atoms with van der Waals surface area (Å²) < 4.78 is 13.4. The van der Waals surface area contributed by atoms with Crippen LogP contribution in [-0.2, 0) is 16.0 Å². The van der Waals surface area contributed by atoms with Gasteiger partial charge in [0.25, 0.3) is 5.91 Å². The van der Waals surface area contributed by atoms with Crippen LogP contribution < -0.4 is 0 Å². The first kappa shape index (κ1) is 14.5. The topological polar surface area (TPSA) is 56.6 Å². The van der Waals surface area contributed by atoms with Gasteiger partial charge in [0.1, 0.15) is 5.60 Å². The molecule has 2 aliphatic heterocycles. The number of carbonyl (C=O) groups excluding carboxylic acids is 1. The van der Waals surface area contributed by atoms with Gasteiger partial charge in [0.05, 0.1) is 24.4 Å². The molecule has 0 aromatic carbocycles. The van der Waals surface area contributed by atoms with Gasteiger partial charge in [-0.15, -0.1) is 0 Å². The van der Waals surface area contributed by atoms with E-state index in [1.54, 1.807) is 18.0 Å². The third-order valence-corrected chi connectivity index (χ3v) is 4.62. The first-order valence-electron chi connectivity index (χ1n) is 7.67. The van der Waals surface area contributed by atoms with E-state index < -0.39 is 0 Å². The van der Waals surface area contributed by atoms with Gasteiger partial charge in [0.2, 0.25) is 0 Å². The summed E-state index contributed by atoms with van der Waals surface area (Å²) in [5.41, 5.74) is 0.338. The van der Waals surface area contributed by atoms with Gasteiger partial charge < -0.3 is 14.4 Å². The molecule has 1 amide bonds. The smallest absolute Gasteiger partial charge is 0.257 e. The maximum Gasteiger partial charge on any atom is 0.257 e. The van der Waals surface area contributed by atoms with Gasteiger partial charge >= 0.3 is 0 Å². The van der Waals surface area contributed by atoms with Crippen LogP contribution >= 0.6 is 0 Å². The quantitative estimate of drug-likeness (QED) is 0.843. The number of ether oxygens (including phenoxy) is 2. The third kappa shape index (κ3) is 2.58. The van der Waals surface area contributed by atoms with E-state index >= 15 is 0 Å². The van der Waals surface area contributed by atoms with Crippen LogP contribution in [-0.4, -0.2) is 59.1 Å². The van der Waals surface area contributed by atoms with Crippen molar-refractivity contribution in [2.75, 3.05) is 26.8 Å². The first-order chi connectivity index (χ1) is 10.2. The van der Waals surface area contributed by atoms with Crippen molar-refractivity contribution in [2.24, 2.45) is 0 Å². The second kappa shape index (κ2) is 5.77. The molecule has 3 heterocycles. The van der Waals surface area contributed by atoms with Crippen LogP contribution in [0.1, 0.15) is 36.5 Å². The maximum absolute atomic E-state index is 12.6. The summed E-state index contributed by atoms with van der Waals surface area (Å²) in [6, 6.07) is 0. The molecule has 2 atom stereocenters. The van der Waals surface area contributed by atoms with Crippen LogP contribution in [0.5, 0.6) is 0 Å². The summed E-state index contributed by atoms with van der Waals surface area (Å²) in [5, 5.41) is 4.18. The highest BCUT2D eigenvalue weighted by Crippen LogP contribution is 2.36. The predicted octanol–water partition coefficient (Wildman–Crippen LogP) is 1.31. The molecule has 2 fully saturated rings. The summed E-state index contributed by atoms with van der Waals surface area (Å²) in [6.45, 7) is 4.86. The Hall–Kier alpha value is -1.40. The normalized spacial score (nSPS) is 29.2. The Balaban J connectivity index is 1.75. The van der Waals surface area contributed by atoms with E-state index in [1.165, 1.54) is 0 Å². The minimum absolute atomic E-state index is 0.0409. The SMILES string of the molecule is CCn1cc(C(=O)N2CC[C@H](OC)[C@]3(CCCO3)C2)cn1. The predicted molar refractivity (Wildman–Crippen MR) is 77.1 cm³/mol. The Morgan fingerprint density at radius 1 is 1.62 bits per heavy atom. The Bertz CT molecular complexity index is 508. The van der Waals surface area contributed by atoms with E-state index in [0.29, 0.717) is 18.7 Å². The number of amides is 1. The lowest BCUT2D eigenvalue weighted by molar-refractivity contribution is -0.137. The highest BCUT2D eigenvalue weighted by Gasteiger charge is 2.48.